The maximum atomic E-state index is 14.3. The number of anilines is 1. The minimum absolute atomic E-state index is 0.00732. The Morgan fingerprint density at radius 2 is 1.56 bits per heavy atom. The highest BCUT2D eigenvalue weighted by molar-refractivity contribution is 7.54. The maximum absolute atomic E-state index is 14.3. The number of aliphatic hydroxyl groups excluding tert-OH is 2. The monoisotopic (exact) mass is 701 g/mol. The molecule has 5 N–H and O–H groups in total. The van der Waals surface area contributed by atoms with Gasteiger partial charge in [-0.25, -0.2) is 15.0 Å². The van der Waals surface area contributed by atoms with Gasteiger partial charge in [-0.2, -0.15) is 4.98 Å². The number of allylic oxidation sites excluding steroid dienone is 2. The van der Waals surface area contributed by atoms with Crippen LogP contribution in [0.3, 0.4) is 0 Å². The van der Waals surface area contributed by atoms with Crippen molar-refractivity contribution in [1.29, 1.82) is 0 Å². The molecule has 1 aliphatic heterocycles. The molecular formula is C31H52N5O11P. The van der Waals surface area contributed by atoms with Crippen molar-refractivity contribution in [3.8, 4) is 0 Å². The largest absolute Gasteiger partial charge is 0.468 e. The predicted octanol–water partition coefficient (Wildman–Crippen LogP) is 2.42. The van der Waals surface area contributed by atoms with Crippen molar-refractivity contribution >= 4 is 31.3 Å². The van der Waals surface area contributed by atoms with Crippen LogP contribution in [0.15, 0.2) is 29.2 Å². The number of rotatable bonds is 20. The van der Waals surface area contributed by atoms with Crippen LogP contribution in [0.25, 0.3) is 0 Å². The van der Waals surface area contributed by atoms with E-state index in [0.717, 1.165) is 17.4 Å². The van der Waals surface area contributed by atoms with E-state index >= 15 is 0 Å². The normalized spacial score (nSPS) is 21.1. The Morgan fingerprint density at radius 3 is 2.06 bits per heavy atom. The molecule has 16 nitrogen and oxygen atoms in total. The number of ether oxygens (including phenoxy) is 3. The summed E-state index contributed by atoms with van der Waals surface area (Å²) in [7, 11) is -1.95. The molecule has 1 saturated heterocycles. The van der Waals surface area contributed by atoms with Crippen LogP contribution >= 0.6 is 7.67 Å². The topological polar surface area (TPSA) is 217 Å². The highest BCUT2D eigenvalue weighted by Crippen LogP contribution is 2.42. The van der Waals surface area contributed by atoms with Gasteiger partial charge < -0.3 is 34.3 Å². The first-order valence-corrected chi connectivity index (χ1v) is 17.8. The molecule has 1 aromatic heterocycles. The molecule has 2 heterocycles. The molecule has 1 aromatic rings. The second kappa shape index (κ2) is 19.9. The molecule has 17 heteroatoms. The van der Waals surface area contributed by atoms with Gasteiger partial charge in [0.2, 0.25) is 5.91 Å². The molecule has 0 aromatic carbocycles. The molecule has 0 radical (unpaired) electrons. The highest BCUT2D eigenvalue weighted by atomic mass is 31.2. The Balaban J connectivity index is 2.23. The number of nitrogens with one attached hydrogen (secondary N) is 3. The summed E-state index contributed by atoms with van der Waals surface area (Å²) in [6.07, 6.45) is 2.31. The molecule has 2 rings (SSSR count). The van der Waals surface area contributed by atoms with Crippen molar-refractivity contribution in [3.63, 3.8) is 0 Å². The Labute approximate surface area is 281 Å². The van der Waals surface area contributed by atoms with E-state index in [-0.39, 0.29) is 42.8 Å². The summed E-state index contributed by atoms with van der Waals surface area (Å²) in [5, 5.41) is 29.5. The molecule has 272 valence electrons. The second-order valence-corrected chi connectivity index (χ2v) is 14.3. The Kier molecular flexibility index (Phi) is 17.1. The molecule has 0 saturated carbocycles. The number of nitrogens with zero attached hydrogens (tertiary/aromatic N) is 2. The van der Waals surface area contributed by atoms with Crippen molar-refractivity contribution in [1.82, 2.24) is 19.7 Å². The quantitative estimate of drug-likeness (QED) is 0.0750. The molecule has 0 bridgehead atoms. The van der Waals surface area contributed by atoms with Crippen LogP contribution in [0.4, 0.5) is 5.82 Å². The van der Waals surface area contributed by atoms with E-state index in [0.29, 0.717) is 6.42 Å². The van der Waals surface area contributed by atoms with E-state index in [1.165, 1.54) is 26.5 Å². The fourth-order valence-corrected chi connectivity index (χ4v) is 6.75. The average molecular weight is 702 g/mol. The van der Waals surface area contributed by atoms with Crippen LogP contribution in [0.1, 0.15) is 79.4 Å². The zero-order valence-corrected chi connectivity index (χ0v) is 29.7. The highest BCUT2D eigenvalue weighted by Gasteiger charge is 2.46. The molecule has 6 atom stereocenters. The maximum Gasteiger partial charge on any atom is 0.351 e. The van der Waals surface area contributed by atoms with Crippen LogP contribution in [0, 0.1) is 11.8 Å². The smallest absolute Gasteiger partial charge is 0.351 e. The van der Waals surface area contributed by atoms with Gasteiger partial charge in [-0.05, 0) is 43.6 Å². The number of aromatic nitrogens is 2. The van der Waals surface area contributed by atoms with Gasteiger partial charge in [-0.3, -0.25) is 23.5 Å². The van der Waals surface area contributed by atoms with Crippen LogP contribution in [-0.2, 0) is 37.7 Å². The third-order valence-electron chi connectivity index (χ3n) is 7.33. The fraction of sp³-hybridized carbons (Fsp3) is 0.710. The second-order valence-electron chi connectivity index (χ2n) is 12.4. The number of carbonyl (C=O) groups excluding carboxylic acids is 3. The summed E-state index contributed by atoms with van der Waals surface area (Å²) < 4.78 is 36.5. The van der Waals surface area contributed by atoms with E-state index in [4.69, 9.17) is 18.7 Å². The van der Waals surface area contributed by atoms with E-state index in [1.807, 2.05) is 39.8 Å². The van der Waals surface area contributed by atoms with Crippen molar-refractivity contribution < 1.29 is 47.9 Å². The van der Waals surface area contributed by atoms with Crippen molar-refractivity contribution in [2.75, 3.05) is 26.1 Å². The summed E-state index contributed by atoms with van der Waals surface area (Å²) in [6, 6.07) is -0.844. The first-order chi connectivity index (χ1) is 22.6. The van der Waals surface area contributed by atoms with Crippen molar-refractivity contribution in [3.05, 3.63) is 34.9 Å². The first kappa shape index (κ1) is 41.2. The standard InChI is InChI=1S/C31H52N5O11P/c1-8-9-10-11-12-13-25(37)32-24-14-15-36(31(42)33-24)28-27(39)26(38)23(47-28)18-46-48(43,34-21(16-19(2)3)29(40)44-6)35-22(17-20(4)5)30(41)45-7/h10-11,14-15,19-23,26-28,38-39H,8-9,12-13,16-18H2,1-7H3,(H2,34,35,43)(H,32,33,37,42)/b11-10+/t21-,22-,23+,26+,27-,28+/m0/s1. The number of aliphatic hydroxyl groups is 2. The van der Waals surface area contributed by atoms with Crippen molar-refractivity contribution in [2.24, 2.45) is 11.8 Å². The lowest BCUT2D eigenvalue weighted by Gasteiger charge is -2.30. The predicted molar refractivity (Wildman–Crippen MR) is 177 cm³/mol. The summed E-state index contributed by atoms with van der Waals surface area (Å²) in [4.78, 5) is 54.1. The molecule has 48 heavy (non-hydrogen) atoms. The molecule has 0 aliphatic carbocycles. The van der Waals surface area contributed by atoms with Crippen LogP contribution in [0.5, 0.6) is 0 Å². The average Bonchev–Trinajstić information content (AvgIpc) is 3.30. The fourth-order valence-electron chi connectivity index (χ4n) is 4.93. The van der Waals surface area contributed by atoms with Gasteiger partial charge in [0.1, 0.15) is 36.2 Å². The van der Waals surface area contributed by atoms with E-state index in [1.54, 1.807) is 0 Å². The number of hydrogen-bond donors (Lipinski definition) is 5. The Morgan fingerprint density at radius 1 is 1.00 bits per heavy atom. The summed E-state index contributed by atoms with van der Waals surface area (Å²) >= 11 is 0. The van der Waals surface area contributed by atoms with Gasteiger partial charge in [0.05, 0.1) is 20.8 Å². The summed E-state index contributed by atoms with van der Waals surface area (Å²) in [6.45, 7) is 8.85. The Bertz CT molecular complexity index is 1300. The molecule has 0 unspecified atom stereocenters. The van der Waals surface area contributed by atoms with E-state index in [2.05, 4.69) is 27.4 Å². The van der Waals surface area contributed by atoms with Gasteiger partial charge in [0, 0.05) is 12.6 Å². The minimum atomic E-state index is -4.31. The number of carbonyl (C=O) groups is 3. The SMILES string of the molecule is CCC/C=C/CCC(=O)Nc1ccn([C@@H]2O[C@H](COP(=O)(N[C@@H](CC(C)C)C(=O)OC)N[C@@H](CC(C)C)C(=O)OC)[C@@H](O)[C@@H]2O)c(=O)n1. The number of methoxy groups -OCH3 is 2. The third-order valence-corrected chi connectivity index (χ3v) is 9.14. The van der Waals surface area contributed by atoms with E-state index in [9.17, 15) is 34.0 Å². The van der Waals surface area contributed by atoms with Gasteiger partial charge in [0.25, 0.3) is 0 Å². The van der Waals surface area contributed by atoms with Gasteiger partial charge in [0.15, 0.2) is 6.23 Å². The molecule has 1 fully saturated rings. The van der Waals surface area contributed by atoms with E-state index < -0.39 is 68.5 Å². The lowest BCUT2D eigenvalue weighted by atomic mass is 10.1. The first-order valence-electron chi connectivity index (χ1n) is 16.2. The van der Waals surface area contributed by atoms with Crippen LogP contribution < -0.4 is 21.2 Å². The molecular weight excluding hydrogens is 649 g/mol. The van der Waals surface area contributed by atoms with Crippen LogP contribution in [0.2, 0.25) is 0 Å². The van der Waals surface area contributed by atoms with Gasteiger partial charge in [-0.15, -0.1) is 0 Å². The molecule has 1 amide bonds. The summed E-state index contributed by atoms with van der Waals surface area (Å²) in [5.74, 6) is -1.81. The number of hydrogen-bond acceptors (Lipinski definition) is 12. The lowest BCUT2D eigenvalue weighted by molar-refractivity contribution is -0.143. The van der Waals surface area contributed by atoms with Gasteiger partial charge in [-0.1, -0.05) is 53.2 Å². The number of amides is 1. The van der Waals surface area contributed by atoms with Gasteiger partial charge >= 0.3 is 25.3 Å². The minimum Gasteiger partial charge on any atom is -0.468 e. The Hall–Kier alpha value is -2.98. The number of unbranched alkanes of at least 4 members (excludes halogenated alkanes) is 1. The summed E-state index contributed by atoms with van der Waals surface area (Å²) in [5.41, 5.74) is -0.869. The number of esters is 2. The zero-order valence-electron chi connectivity index (χ0n) is 28.8. The van der Waals surface area contributed by atoms with Crippen molar-refractivity contribution in [2.45, 2.75) is 110 Å². The zero-order chi connectivity index (χ0) is 36.0. The molecule has 1 aliphatic rings. The van der Waals surface area contributed by atoms with Crippen LogP contribution in [-0.4, -0.2) is 88.8 Å². The molecule has 0 spiro atoms. The lowest BCUT2D eigenvalue weighted by Crippen LogP contribution is -2.46. The third kappa shape index (κ3) is 12.8.